The van der Waals surface area contributed by atoms with Gasteiger partial charge in [0, 0.05) is 21.5 Å². The molecule has 52 heavy (non-hydrogen) atoms. The van der Waals surface area contributed by atoms with Crippen LogP contribution in [-0.4, -0.2) is 0 Å². The fraction of sp³-hybridized carbons (Fsp3) is 0. The molecule has 0 fully saturated rings. The van der Waals surface area contributed by atoms with Gasteiger partial charge in [-0.2, -0.15) is 0 Å². The third-order valence-corrected chi connectivity index (χ3v) is 11.2. The van der Waals surface area contributed by atoms with E-state index >= 15 is 0 Å². The van der Waals surface area contributed by atoms with E-state index in [2.05, 4.69) is 170 Å². The SMILES string of the molecule is c1ccc2cc3c(cc2c1)oc1ccc(-c2c4ccccc4c(-c4ccc5oc6cc7ccccc7cc6c5c4)c4c2ccc2ccccc24)cc13. The standard InChI is InChI=1S/C50H28O2/c1-3-12-32-27-46-42(23-30(32)10-1)40-25-34(18-21-44(40)51-46)48-37-15-7-8-16-38(37)49(50-36-14-6-5-9-29(36)17-20-39(48)50)35-19-22-45-41(26-35)43-24-31-11-2-4-13-33(31)28-47(43)52-45/h1-28H. The Balaban J connectivity index is 1.19. The molecule has 240 valence electrons. The first-order valence-electron chi connectivity index (χ1n) is 17.8. The van der Waals surface area contributed by atoms with Gasteiger partial charge in [0.15, 0.2) is 0 Å². The molecule has 0 spiro atoms. The van der Waals surface area contributed by atoms with Gasteiger partial charge in [0.25, 0.3) is 0 Å². The summed E-state index contributed by atoms with van der Waals surface area (Å²) >= 11 is 0. The maximum Gasteiger partial charge on any atom is 0.136 e. The van der Waals surface area contributed by atoms with Crippen molar-refractivity contribution < 1.29 is 8.83 Å². The number of fused-ring (bicyclic) bond motifs is 12. The Hall–Kier alpha value is -6.90. The molecular formula is C50H28O2. The van der Waals surface area contributed by atoms with Crippen molar-refractivity contribution in [3.63, 3.8) is 0 Å². The molecule has 0 saturated heterocycles. The monoisotopic (exact) mass is 660 g/mol. The molecule has 10 aromatic carbocycles. The maximum absolute atomic E-state index is 6.45. The molecule has 0 aliphatic heterocycles. The summed E-state index contributed by atoms with van der Waals surface area (Å²) < 4.78 is 12.9. The number of rotatable bonds is 2. The molecule has 2 heterocycles. The third-order valence-electron chi connectivity index (χ3n) is 11.2. The predicted octanol–water partition coefficient (Wildman–Crippen LogP) is 14.6. The highest BCUT2D eigenvalue weighted by molar-refractivity contribution is 6.29. The predicted molar refractivity (Wildman–Crippen MR) is 219 cm³/mol. The highest BCUT2D eigenvalue weighted by atomic mass is 16.3. The summed E-state index contributed by atoms with van der Waals surface area (Å²) in [6.45, 7) is 0. The second-order valence-electron chi connectivity index (χ2n) is 14.0. The van der Waals surface area contributed by atoms with Gasteiger partial charge in [-0.05, 0) is 125 Å². The van der Waals surface area contributed by atoms with E-state index in [-0.39, 0.29) is 0 Å². The summed E-state index contributed by atoms with van der Waals surface area (Å²) in [4.78, 5) is 0. The zero-order chi connectivity index (χ0) is 33.9. The molecule has 0 aliphatic rings. The summed E-state index contributed by atoms with van der Waals surface area (Å²) in [5.74, 6) is 0. The van der Waals surface area contributed by atoms with Crippen molar-refractivity contribution in [3.8, 4) is 22.3 Å². The average Bonchev–Trinajstić information content (AvgIpc) is 3.74. The second kappa shape index (κ2) is 10.3. The Kier molecular flexibility index (Phi) is 5.53. The lowest BCUT2D eigenvalue weighted by Crippen LogP contribution is -1.92. The summed E-state index contributed by atoms with van der Waals surface area (Å²) in [5, 5.41) is 16.7. The van der Waals surface area contributed by atoms with Crippen LogP contribution in [0.1, 0.15) is 0 Å². The maximum atomic E-state index is 6.45. The zero-order valence-corrected chi connectivity index (χ0v) is 28.0. The van der Waals surface area contributed by atoms with Crippen LogP contribution in [-0.2, 0) is 0 Å². The lowest BCUT2D eigenvalue weighted by atomic mass is 9.83. The summed E-state index contributed by atoms with van der Waals surface area (Å²) in [7, 11) is 0. The lowest BCUT2D eigenvalue weighted by molar-refractivity contribution is 0.669. The Morgan fingerprint density at radius 2 is 0.692 bits per heavy atom. The van der Waals surface area contributed by atoms with Gasteiger partial charge < -0.3 is 8.83 Å². The Bertz CT molecular complexity index is 3470. The van der Waals surface area contributed by atoms with Gasteiger partial charge >= 0.3 is 0 Å². The molecule has 0 aliphatic carbocycles. The molecule has 0 N–H and O–H groups in total. The Morgan fingerprint density at radius 3 is 1.27 bits per heavy atom. The van der Waals surface area contributed by atoms with Crippen molar-refractivity contribution in [2.75, 3.05) is 0 Å². The van der Waals surface area contributed by atoms with Crippen LogP contribution in [0.25, 0.3) is 120 Å². The van der Waals surface area contributed by atoms with Gasteiger partial charge in [0.05, 0.1) is 0 Å². The average molecular weight is 661 g/mol. The van der Waals surface area contributed by atoms with Gasteiger partial charge in [-0.25, -0.2) is 0 Å². The van der Waals surface area contributed by atoms with Gasteiger partial charge in [-0.1, -0.05) is 121 Å². The molecule has 0 saturated carbocycles. The molecule has 0 unspecified atom stereocenters. The van der Waals surface area contributed by atoms with E-state index in [0.717, 1.165) is 43.9 Å². The van der Waals surface area contributed by atoms with Crippen LogP contribution in [0.4, 0.5) is 0 Å². The first-order valence-corrected chi connectivity index (χ1v) is 17.8. The molecule has 12 aromatic rings. The summed E-state index contributed by atoms with van der Waals surface area (Å²) in [6, 6.07) is 61.6. The number of hydrogen-bond acceptors (Lipinski definition) is 2. The van der Waals surface area contributed by atoms with Gasteiger partial charge in [-0.3, -0.25) is 0 Å². The molecule has 0 bridgehead atoms. The van der Waals surface area contributed by atoms with E-state index in [4.69, 9.17) is 8.83 Å². The minimum absolute atomic E-state index is 0.901. The first kappa shape index (κ1) is 27.9. The topological polar surface area (TPSA) is 26.3 Å². The summed E-state index contributed by atoms with van der Waals surface area (Å²) in [5.41, 5.74) is 8.46. The third kappa shape index (κ3) is 3.89. The van der Waals surface area contributed by atoms with Crippen molar-refractivity contribution in [2.24, 2.45) is 0 Å². The smallest absolute Gasteiger partial charge is 0.136 e. The minimum Gasteiger partial charge on any atom is -0.456 e. The molecule has 2 nitrogen and oxygen atoms in total. The van der Waals surface area contributed by atoms with E-state index in [0.29, 0.717) is 0 Å². The number of benzene rings is 10. The normalized spacial score (nSPS) is 12.2. The van der Waals surface area contributed by atoms with Crippen molar-refractivity contribution in [2.45, 2.75) is 0 Å². The first-order chi connectivity index (χ1) is 25.7. The molecule has 0 amide bonds. The fourth-order valence-electron chi connectivity index (χ4n) is 8.79. The molecule has 12 rings (SSSR count). The quantitative estimate of drug-likeness (QED) is 0.136. The molecule has 2 aromatic heterocycles. The van der Waals surface area contributed by atoms with Crippen LogP contribution in [0.2, 0.25) is 0 Å². The van der Waals surface area contributed by atoms with Crippen molar-refractivity contribution >= 4 is 97.7 Å². The van der Waals surface area contributed by atoms with Crippen LogP contribution in [0.5, 0.6) is 0 Å². The van der Waals surface area contributed by atoms with Crippen molar-refractivity contribution in [1.29, 1.82) is 0 Å². The van der Waals surface area contributed by atoms with E-state index < -0.39 is 0 Å². The van der Waals surface area contributed by atoms with E-state index in [9.17, 15) is 0 Å². The Morgan fingerprint density at radius 1 is 0.250 bits per heavy atom. The molecule has 2 heteroatoms. The largest absolute Gasteiger partial charge is 0.456 e. The van der Waals surface area contributed by atoms with Crippen LogP contribution in [0, 0.1) is 0 Å². The van der Waals surface area contributed by atoms with Gasteiger partial charge in [0.1, 0.15) is 22.3 Å². The molecule has 0 radical (unpaired) electrons. The highest BCUT2D eigenvalue weighted by Gasteiger charge is 2.21. The summed E-state index contributed by atoms with van der Waals surface area (Å²) in [6.07, 6.45) is 0. The van der Waals surface area contributed by atoms with Crippen LogP contribution in [0.3, 0.4) is 0 Å². The number of furan rings is 2. The highest BCUT2D eigenvalue weighted by Crippen LogP contribution is 2.48. The van der Waals surface area contributed by atoms with Gasteiger partial charge in [-0.15, -0.1) is 0 Å². The van der Waals surface area contributed by atoms with Gasteiger partial charge in [0.2, 0.25) is 0 Å². The van der Waals surface area contributed by atoms with E-state index in [1.54, 1.807) is 0 Å². The van der Waals surface area contributed by atoms with Crippen molar-refractivity contribution in [1.82, 2.24) is 0 Å². The minimum atomic E-state index is 0.901. The fourth-order valence-corrected chi connectivity index (χ4v) is 8.79. The van der Waals surface area contributed by atoms with Crippen LogP contribution < -0.4 is 0 Å². The lowest BCUT2D eigenvalue weighted by Gasteiger charge is -2.19. The van der Waals surface area contributed by atoms with Crippen LogP contribution in [0.15, 0.2) is 179 Å². The molecular weight excluding hydrogens is 633 g/mol. The van der Waals surface area contributed by atoms with Crippen LogP contribution >= 0.6 is 0 Å². The van der Waals surface area contributed by atoms with Crippen molar-refractivity contribution in [3.05, 3.63) is 170 Å². The number of hydrogen-bond donors (Lipinski definition) is 0. The van der Waals surface area contributed by atoms with E-state index in [1.807, 2.05) is 0 Å². The van der Waals surface area contributed by atoms with E-state index in [1.165, 1.54) is 76.1 Å². The zero-order valence-electron chi connectivity index (χ0n) is 28.0. The molecule has 0 atom stereocenters. The second-order valence-corrected chi connectivity index (χ2v) is 14.0. The Labute approximate surface area is 297 Å².